The summed E-state index contributed by atoms with van der Waals surface area (Å²) in [6.07, 6.45) is 2.14. The number of carbonyl (C=O) groups is 2. The second kappa shape index (κ2) is 9.98. The summed E-state index contributed by atoms with van der Waals surface area (Å²) in [4.78, 5) is 38.5. The van der Waals surface area contributed by atoms with Crippen molar-refractivity contribution in [3.8, 4) is 0 Å². The Kier molecular flexibility index (Phi) is 6.76. The van der Waals surface area contributed by atoms with E-state index >= 15 is 0 Å². The smallest absolute Gasteiger partial charge is 0.417 e. The number of rotatable bonds is 6. The number of nitrogens with one attached hydrogen (secondary N) is 1. The molecule has 0 unspecified atom stereocenters. The summed E-state index contributed by atoms with van der Waals surface area (Å²) in [5.74, 6) is -0.461. The topological polar surface area (TPSA) is 94.8 Å². The zero-order valence-corrected chi connectivity index (χ0v) is 19.9. The standard InChI is InChI=1S/C24H29F3N6O3/c25-24(26,27)21-20(36-23(30-21)33-8-2-1-3-9-33)22(35)29-17-6-7-18(28-15-17)31-10-12-32(13-11-31)19(34)14-16-4-5-16/h6-7,15-16H,1-5,8-14H2,(H,29,35). The molecule has 1 aliphatic carbocycles. The molecule has 0 radical (unpaired) electrons. The van der Waals surface area contributed by atoms with E-state index in [0.717, 1.165) is 32.1 Å². The zero-order chi connectivity index (χ0) is 25.3. The van der Waals surface area contributed by atoms with Gasteiger partial charge in [0, 0.05) is 45.7 Å². The van der Waals surface area contributed by atoms with Crippen LogP contribution >= 0.6 is 0 Å². The number of nitrogens with zero attached hydrogens (tertiary/aromatic N) is 5. The van der Waals surface area contributed by atoms with Gasteiger partial charge in [-0.1, -0.05) is 0 Å². The monoisotopic (exact) mass is 506 g/mol. The summed E-state index contributed by atoms with van der Waals surface area (Å²) < 4.78 is 46.0. The van der Waals surface area contributed by atoms with Crippen LogP contribution in [-0.2, 0) is 11.0 Å². The number of alkyl halides is 3. The van der Waals surface area contributed by atoms with Crippen molar-refractivity contribution in [3.05, 3.63) is 29.8 Å². The second-order valence-corrected chi connectivity index (χ2v) is 9.59. The number of piperidine rings is 1. The van der Waals surface area contributed by atoms with Crippen molar-refractivity contribution >= 4 is 29.3 Å². The number of halogens is 3. The van der Waals surface area contributed by atoms with Crippen molar-refractivity contribution in [2.24, 2.45) is 5.92 Å². The molecule has 9 nitrogen and oxygen atoms in total. The van der Waals surface area contributed by atoms with E-state index in [-0.39, 0.29) is 17.6 Å². The third-order valence-electron chi connectivity index (χ3n) is 6.84. The SMILES string of the molecule is O=C(Nc1ccc(N2CCN(C(=O)CC3CC3)CC2)nc1)c1oc(N2CCCCC2)nc1C(F)(F)F. The molecule has 12 heteroatoms. The highest BCUT2D eigenvalue weighted by atomic mass is 19.4. The molecule has 5 rings (SSSR count). The van der Waals surface area contributed by atoms with Gasteiger partial charge in [0.15, 0.2) is 5.69 Å². The van der Waals surface area contributed by atoms with Crippen LogP contribution < -0.4 is 15.1 Å². The molecule has 3 aliphatic rings. The predicted octanol–water partition coefficient (Wildman–Crippen LogP) is 3.78. The van der Waals surface area contributed by atoms with E-state index in [9.17, 15) is 22.8 Å². The molecule has 0 atom stereocenters. The molecule has 1 N–H and O–H groups in total. The molecule has 2 amide bonds. The summed E-state index contributed by atoms with van der Waals surface area (Å²) in [7, 11) is 0. The quantitative estimate of drug-likeness (QED) is 0.637. The molecule has 0 spiro atoms. The fraction of sp³-hybridized carbons (Fsp3) is 0.583. The Morgan fingerprint density at radius 1 is 1.00 bits per heavy atom. The van der Waals surface area contributed by atoms with Crippen molar-refractivity contribution in [1.82, 2.24) is 14.9 Å². The lowest BCUT2D eigenvalue weighted by Gasteiger charge is -2.35. The minimum absolute atomic E-state index is 0.185. The molecule has 3 fully saturated rings. The maximum atomic E-state index is 13.6. The average Bonchev–Trinajstić information content (AvgIpc) is 3.56. The first-order valence-corrected chi connectivity index (χ1v) is 12.4. The summed E-state index contributed by atoms with van der Waals surface area (Å²) in [5.41, 5.74) is -1.09. The van der Waals surface area contributed by atoms with Crippen molar-refractivity contribution in [1.29, 1.82) is 0 Å². The number of amides is 2. The Balaban J connectivity index is 1.21. The molecular formula is C24H29F3N6O3. The van der Waals surface area contributed by atoms with Crippen LogP contribution in [0.4, 0.5) is 30.7 Å². The van der Waals surface area contributed by atoms with Crippen LogP contribution in [0.2, 0.25) is 0 Å². The second-order valence-electron chi connectivity index (χ2n) is 9.59. The summed E-state index contributed by atoms with van der Waals surface area (Å²) in [5, 5.41) is 2.44. The lowest BCUT2D eigenvalue weighted by Crippen LogP contribution is -2.49. The molecular weight excluding hydrogens is 477 g/mol. The number of pyridine rings is 1. The summed E-state index contributed by atoms with van der Waals surface area (Å²) >= 11 is 0. The zero-order valence-electron chi connectivity index (χ0n) is 19.9. The van der Waals surface area contributed by atoms with E-state index in [1.165, 1.54) is 6.20 Å². The van der Waals surface area contributed by atoms with Crippen molar-refractivity contribution in [3.63, 3.8) is 0 Å². The van der Waals surface area contributed by atoms with Gasteiger partial charge in [0.05, 0.1) is 11.9 Å². The van der Waals surface area contributed by atoms with Gasteiger partial charge in [0.2, 0.25) is 11.7 Å². The maximum Gasteiger partial charge on any atom is 0.437 e. The van der Waals surface area contributed by atoms with Gasteiger partial charge >= 0.3 is 6.18 Å². The van der Waals surface area contributed by atoms with Crippen molar-refractivity contribution in [2.75, 3.05) is 54.4 Å². The van der Waals surface area contributed by atoms with Gasteiger partial charge in [-0.05, 0) is 50.2 Å². The Labute approximate surface area is 206 Å². The van der Waals surface area contributed by atoms with Gasteiger partial charge in [0.25, 0.3) is 11.9 Å². The van der Waals surface area contributed by atoms with Crippen LogP contribution in [0.25, 0.3) is 0 Å². The van der Waals surface area contributed by atoms with Gasteiger partial charge < -0.3 is 24.4 Å². The molecule has 194 valence electrons. The van der Waals surface area contributed by atoms with E-state index < -0.39 is 23.5 Å². The molecule has 36 heavy (non-hydrogen) atoms. The minimum atomic E-state index is -4.82. The van der Waals surface area contributed by atoms with Gasteiger partial charge in [0.1, 0.15) is 5.82 Å². The highest BCUT2D eigenvalue weighted by Crippen LogP contribution is 2.35. The summed E-state index contributed by atoms with van der Waals surface area (Å²) in [6, 6.07) is 3.09. The molecule has 2 aromatic rings. The summed E-state index contributed by atoms with van der Waals surface area (Å²) in [6.45, 7) is 3.59. The van der Waals surface area contributed by atoms with Crippen molar-refractivity contribution in [2.45, 2.75) is 44.7 Å². The Morgan fingerprint density at radius 3 is 2.33 bits per heavy atom. The van der Waals surface area contributed by atoms with E-state index in [1.54, 1.807) is 17.0 Å². The van der Waals surface area contributed by atoms with Crippen LogP contribution in [0.1, 0.15) is 54.8 Å². The number of oxazole rings is 1. The molecule has 4 heterocycles. The number of anilines is 3. The van der Waals surface area contributed by atoms with Crippen LogP contribution in [0.5, 0.6) is 0 Å². The Hall–Kier alpha value is -3.31. The molecule has 2 saturated heterocycles. The molecule has 0 aromatic carbocycles. The first-order valence-electron chi connectivity index (χ1n) is 12.4. The molecule has 1 saturated carbocycles. The number of hydrogen-bond acceptors (Lipinski definition) is 7. The lowest BCUT2D eigenvalue weighted by molar-refractivity contribution is -0.141. The fourth-order valence-electron chi connectivity index (χ4n) is 4.59. The first kappa shape index (κ1) is 24.4. The maximum absolute atomic E-state index is 13.6. The molecule has 2 aliphatic heterocycles. The van der Waals surface area contributed by atoms with E-state index in [1.807, 2.05) is 9.80 Å². The van der Waals surface area contributed by atoms with E-state index in [2.05, 4.69) is 15.3 Å². The number of carbonyl (C=O) groups excluding carboxylic acids is 2. The van der Waals surface area contributed by atoms with Gasteiger partial charge in [-0.3, -0.25) is 9.59 Å². The van der Waals surface area contributed by atoms with E-state index in [0.29, 0.717) is 57.4 Å². The van der Waals surface area contributed by atoms with Crippen LogP contribution in [-0.4, -0.2) is 66.0 Å². The number of hydrogen-bond donors (Lipinski definition) is 1. The van der Waals surface area contributed by atoms with Crippen LogP contribution in [0.3, 0.4) is 0 Å². The van der Waals surface area contributed by atoms with Crippen LogP contribution in [0, 0.1) is 5.92 Å². The number of piperazine rings is 1. The third-order valence-corrected chi connectivity index (χ3v) is 6.84. The van der Waals surface area contributed by atoms with Gasteiger partial charge in [-0.15, -0.1) is 0 Å². The van der Waals surface area contributed by atoms with Gasteiger partial charge in [-0.2, -0.15) is 18.2 Å². The highest BCUT2D eigenvalue weighted by molar-refractivity contribution is 6.03. The molecule has 0 bridgehead atoms. The Morgan fingerprint density at radius 2 is 1.72 bits per heavy atom. The highest BCUT2D eigenvalue weighted by Gasteiger charge is 2.42. The number of aromatic nitrogens is 2. The normalized spacial score (nSPS) is 18.9. The van der Waals surface area contributed by atoms with Gasteiger partial charge in [-0.25, -0.2) is 4.98 Å². The molecule has 2 aromatic heterocycles. The van der Waals surface area contributed by atoms with Crippen LogP contribution in [0.15, 0.2) is 22.7 Å². The largest absolute Gasteiger partial charge is 0.437 e. The third kappa shape index (κ3) is 5.57. The minimum Gasteiger partial charge on any atom is -0.417 e. The Bertz CT molecular complexity index is 1090. The first-order chi connectivity index (χ1) is 17.3. The lowest BCUT2D eigenvalue weighted by atomic mass is 10.1. The van der Waals surface area contributed by atoms with E-state index in [4.69, 9.17) is 4.42 Å². The van der Waals surface area contributed by atoms with Crippen molar-refractivity contribution < 1.29 is 27.2 Å². The predicted molar refractivity (Wildman–Crippen MR) is 126 cm³/mol. The fourth-order valence-corrected chi connectivity index (χ4v) is 4.59. The average molecular weight is 507 g/mol.